The molecule has 0 saturated carbocycles. The lowest BCUT2D eigenvalue weighted by atomic mass is 10.3. The molecule has 0 aliphatic rings. The van der Waals surface area contributed by atoms with Gasteiger partial charge in [-0.25, -0.2) is 4.98 Å². The lowest BCUT2D eigenvalue weighted by molar-refractivity contribution is -0.127. The molecule has 112 valence electrons. The van der Waals surface area contributed by atoms with Gasteiger partial charge in [0.1, 0.15) is 5.75 Å². The summed E-state index contributed by atoms with van der Waals surface area (Å²) in [4.78, 5) is 17.9. The third-order valence-electron chi connectivity index (χ3n) is 3.01. The molecule has 1 heterocycles. The highest BCUT2D eigenvalue weighted by Crippen LogP contribution is 2.26. The van der Waals surface area contributed by atoms with Crippen molar-refractivity contribution in [1.82, 2.24) is 14.5 Å². The van der Waals surface area contributed by atoms with Crippen LogP contribution in [0.15, 0.2) is 41.8 Å². The van der Waals surface area contributed by atoms with E-state index in [1.54, 1.807) is 32.3 Å². The Morgan fingerprint density at radius 1 is 1.43 bits per heavy atom. The number of amides is 1. The van der Waals surface area contributed by atoms with E-state index in [0.29, 0.717) is 0 Å². The normalized spacial score (nSPS) is 12.0. The molecule has 0 bridgehead atoms. The lowest BCUT2D eigenvalue weighted by Gasteiger charge is -2.16. The van der Waals surface area contributed by atoms with Crippen LogP contribution in [0.1, 0.15) is 6.92 Å². The van der Waals surface area contributed by atoms with Gasteiger partial charge in [-0.05, 0) is 19.1 Å². The van der Waals surface area contributed by atoms with Gasteiger partial charge in [0.15, 0.2) is 5.16 Å². The minimum Gasteiger partial charge on any atom is -0.497 e. The van der Waals surface area contributed by atoms with Crippen LogP contribution in [0.2, 0.25) is 0 Å². The summed E-state index contributed by atoms with van der Waals surface area (Å²) in [6, 6.07) is 7.74. The molecule has 6 heteroatoms. The second-order valence-corrected chi connectivity index (χ2v) is 6.08. The average Bonchev–Trinajstić information content (AvgIpc) is 2.94. The van der Waals surface area contributed by atoms with E-state index in [0.717, 1.165) is 16.6 Å². The van der Waals surface area contributed by atoms with Crippen LogP contribution in [0.25, 0.3) is 5.69 Å². The van der Waals surface area contributed by atoms with E-state index >= 15 is 0 Å². The number of rotatable bonds is 5. The molecular weight excluding hydrogens is 286 g/mol. The molecule has 1 atom stereocenters. The first-order valence-corrected chi connectivity index (χ1v) is 7.46. The lowest BCUT2D eigenvalue weighted by Crippen LogP contribution is -2.29. The summed E-state index contributed by atoms with van der Waals surface area (Å²) in [5, 5.41) is 0.595. The zero-order chi connectivity index (χ0) is 15.4. The monoisotopic (exact) mass is 305 g/mol. The van der Waals surface area contributed by atoms with Crippen molar-refractivity contribution in [3.8, 4) is 11.4 Å². The Morgan fingerprint density at radius 3 is 2.86 bits per heavy atom. The van der Waals surface area contributed by atoms with Crippen LogP contribution in [0.3, 0.4) is 0 Å². The van der Waals surface area contributed by atoms with Gasteiger partial charge >= 0.3 is 0 Å². The molecule has 1 amide bonds. The van der Waals surface area contributed by atoms with E-state index in [9.17, 15) is 4.79 Å². The smallest absolute Gasteiger partial charge is 0.235 e. The summed E-state index contributed by atoms with van der Waals surface area (Å²) < 4.78 is 7.19. The van der Waals surface area contributed by atoms with E-state index < -0.39 is 0 Å². The van der Waals surface area contributed by atoms with E-state index in [-0.39, 0.29) is 11.2 Å². The first-order valence-electron chi connectivity index (χ1n) is 6.58. The number of aromatic nitrogens is 2. The molecule has 21 heavy (non-hydrogen) atoms. The van der Waals surface area contributed by atoms with Crippen LogP contribution in [0.4, 0.5) is 0 Å². The zero-order valence-electron chi connectivity index (χ0n) is 12.6. The van der Waals surface area contributed by atoms with Gasteiger partial charge in [0, 0.05) is 32.6 Å². The summed E-state index contributed by atoms with van der Waals surface area (Å²) in [6.07, 6.45) is 3.61. The maximum Gasteiger partial charge on any atom is 0.235 e. The molecule has 0 aliphatic heterocycles. The number of ether oxygens (including phenoxy) is 1. The van der Waals surface area contributed by atoms with Gasteiger partial charge in [-0.1, -0.05) is 17.8 Å². The molecule has 1 aromatic heterocycles. The van der Waals surface area contributed by atoms with Crippen LogP contribution >= 0.6 is 11.8 Å². The molecule has 0 saturated heterocycles. The van der Waals surface area contributed by atoms with E-state index in [2.05, 4.69) is 4.98 Å². The highest BCUT2D eigenvalue weighted by Gasteiger charge is 2.19. The minimum atomic E-state index is -0.188. The summed E-state index contributed by atoms with van der Waals surface area (Å²) in [5.41, 5.74) is 0.957. The van der Waals surface area contributed by atoms with Crippen LogP contribution in [0, 0.1) is 0 Å². The largest absolute Gasteiger partial charge is 0.497 e. The molecular formula is C15H19N3O2S. The number of hydrogen-bond acceptors (Lipinski definition) is 4. The van der Waals surface area contributed by atoms with E-state index in [1.165, 1.54) is 11.8 Å². The Bertz CT molecular complexity index is 625. The number of nitrogens with zero attached hydrogens (tertiary/aromatic N) is 3. The number of thioether (sulfide) groups is 1. The van der Waals surface area contributed by atoms with Crippen LogP contribution in [0.5, 0.6) is 5.75 Å². The molecule has 0 fully saturated rings. The maximum atomic E-state index is 12.0. The van der Waals surface area contributed by atoms with Gasteiger partial charge in [0.25, 0.3) is 0 Å². The quantitative estimate of drug-likeness (QED) is 0.796. The first kappa shape index (κ1) is 15.4. The minimum absolute atomic E-state index is 0.0696. The van der Waals surface area contributed by atoms with Crippen molar-refractivity contribution in [2.45, 2.75) is 17.3 Å². The van der Waals surface area contributed by atoms with Crippen molar-refractivity contribution in [1.29, 1.82) is 0 Å². The Hall–Kier alpha value is -1.95. The topological polar surface area (TPSA) is 47.4 Å². The highest BCUT2D eigenvalue weighted by molar-refractivity contribution is 8.00. The number of benzene rings is 1. The second-order valence-electron chi connectivity index (χ2n) is 4.77. The number of hydrogen-bond donors (Lipinski definition) is 0. The number of methoxy groups -OCH3 is 1. The van der Waals surface area contributed by atoms with Gasteiger partial charge in [-0.15, -0.1) is 0 Å². The third kappa shape index (κ3) is 3.58. The SMILES string of the molecule is COc1cccc(-n2ccnc2S[C@H](C)C(=O)N(C)C)c1. The molecule has 0 aliphatic carbocycles. The summed E-state index contributed by atoms with van der Waals surface area (Å²) in [5.74, 6) is 0.856. The first-order chi connectivity index (χ1) is 10.0. The maximum absolute atomic E-state index is 12.0. The Labute approximate surface area is 128 Å². The van der Waals surface area contributed by atoms with Gasteiger partial charge in [-0.2, -0.15) is 0 Å². The van der Waals surface area contributed by atoms with Crippen molar-refractivity contribution in [3.63, 3.8) is 0 Å². The van der Waals surface area contributed by atoms with Gasteiger partial charge in [-0.3, -0.25) is 9.36 Å². The number of carbonyl (C=O) groups excluding carboxylic acids is 1. The predicted molar refractivity (Wildman–Crippen MR) is 84.1 cm³/mol. The molecule has 5 nitrogen and oxygen atoms in total. The van der Waals surface area contributed by atoms with E-state index in [1.807, 2.05) is 42.0 Å². The molecule has 1 aromatic carbocycles. The van der Waals surface area contributed by atoms with Crippen LogP contribution in [-0.2, 0) is 4.79 Å². The molecule has 0 unspecified atom stereocenters. The van der Waals surface area contributed by atoms with Gasteiger partial charge < -0.3 is 9.64 Å². The zero-order valence-corrected chi connectivity index (χ0v) is 13.4. The van der Waals surface area contributed by atoms with Crippen molar-refractivity contribution in [3.05, 3.63) is 36.7 Å². The summed E-state index contributed by atoms with van der Waals surface area (Å²) in [6.45, 7) is 1.89. The average molecular weight is 305 g/mol. The van der Waals surface area contributed by atoms with Gasteiger partial charge in [0.2, 0.25) is 5.91 Å². The van der Waals surface area contributed by atoms with Crippen molar-refractivity contribution >= 4 is 17.7 Å². The van der Waals surface area contributed by atoms with Crippen LogP contribution < -0.4 is 4.74 Å². The van der Waals surface area contributed by atoms with Gasteiger partial charge in [0.05, 0.1) is 18.0 Å². The fourth-order valence-corrected chi connectivity index (χ4v) is 2.94. The highest BCUT2D eigenvalue weighted by atomic mass is 32.2. The number of imidazole rings is 1. The third-order valence-corrected chi connectivity index (χ3v) is 4.08. The van der Waals surface area contributed by atoms with Crippen LogP contribution in [-0.4, -0.2) is 46.8 Å². The van der Waals surface area contributed by atoms with Crippen molar-refractivity contribution in [2.75, 3.05) is 21.2 Å². The summed E-state index contributed by atoms with van der Waals surface area (Å²) in [7, 11) is 5.16. The fourth-order valence-electron chi connectivity index (χ4n) is 1.91. The molecule has 0 N–H and O–H groups in total. The Balaban J connectivity index is 2.24. The molecule has 0 radical (unpaired) electrons. The second kappa shape index (κ2) is 6.67. The standard InChI is InChI=1S/C15H19N3O2S/c1-11(14(19)17(2)3)21-15-16-8-9-18(15)12-6-5-7-13(10-12)20-4/h5-11H,1-4H3/t11-/m1/s1. The molecule has 2 rings (SSSR count). The molecule has 2 aromatic rings. The number of carbonyl (C=O) groups is 1. The van der Waals surface area contributed by atoms with Crippen molar-refractivity contribution in [2.24, 2.45) is 0 Å². The van der Waals surface area contributed by atoms with E-state index in [4.69, 9.17) is 4.74 Å². The molecule has 0 spiro atoms. The predicted octanol–water partition coefficient (Wildman–Crippen LogP) is 2.45. The summed E-state index contributed by atoms with van der Waals surface area (Å²) >= 11 is 1.44. The Kier molecular flexibility index (Phi) is 4.90. The fraction of sp³-hybridized carbons (Fsp3) is 0.333. The van der Waals surface area contributed by atoms with Crippen molar-refractivity contribution < 1.29 is 9.53 Å². The Morgan fingerprint density at radius 2 is 2.19 bits per heavy atom.